The van der Waals surface area contributed by atoms with Gasteiger partial charge in [-0.05, 0) is 58.8 Å². The van der Waals surface area contributed by atoms with Crippen molar-refractivity contribution in [2.75, 3.05) is 33.8 Å². The van der Waals surface area contributed by atoms with Crippen molar-refractivity contribution in [3.05, 3.63) is 35.4 Å². The van der Waals surface area contributed by atoms with E-state index in [0.717, 1.165) is 30.4 Å². The Bertz CT molecular complexity index is 634. The van der Waals surface area contributed by atoms with Gasteiger partial charge in [0.05, 0.1) is 12.2 Å². The summed E-state index contributed by atoms with van der Waals surface area (Å²) >= 11 is 0. The summed E-state index contributed by atoms with van der Waals surface area (Å²) in [7, 11) is 4.02. The molecule has 2 atom stereocenters. The Hall–Kier alpha value is -1.43. The molecular weight excluding hydrogens is 316 g/mol. The second-order valence-corrected chi connectivity index (χ2v) is 8.12. The van der Waals surface area contributed by atoms with Crippen molar-refractivity contribution in [1.29, 1.82) is 0 Å². The average Bonchev–Trinajstić information content (AvgIpc) is 2.58. The minimum Gasteiger partial charge on any atom is -0.386 e. The fourth-order valence-electron chi connectivity index (χ4n) is 4.21. The maximum absolute atomic E-state index is 12.8. The van der Waals surface area contributed by atoms with Crippen LogP contribution < -0.4 is 0 Å². The van der Waals surface area contributed by atoms with Gasteiger partial charge in [-0.3, -0.25) is 4.79 Å². The number of amides is 1. The predicted molar refractivity (Wildman–Crippen MR) is 97.7 cm³/mol. The molecule has 1 spiro atoms. The van der Waals surface area contributed by atoms with E-state index in [4.69, 9.17) is 4.74 Å². The highest BCUT2D eigenvalue weighted by molar-refractivity contribution is 5.95. The van der Waals surface area contributed by atoms with E-state index in [2.05, 4.69) is 4.90 Å². The van der Waals surface area contributed by atoms with Crippen molar-refractivity contribution in [3.8, 4) is 0 Å². The predicted octanol–water partition coefficient (Wildman–Crippen LogP) is 2.07. The molecule has 2 fully saturated rings. The van der Waals surface area contributed by atoms with Crippen LogP contribution in [0, 0.1) is 6.92 Å². The molecule has 1 N–H and O–H groups in total. The van der Waals surface area contributed by atoms with Crippen molar-refractivity contribution in [2.24, 2.45) is 0 Å². The maximum Gasteiger partial charge on any atom is 0.254 e. The van der Waals surface area contributed by atoms with Gasteiger partial charge in [0, 0.05) is 24.7 Å². The molecule has 2 saturated heterocycles. The van der Waals surface area contributed by atoms with Crippen LogP contribution >= 0.6 is 0 Å². The smallest absolute Gasteiger partial charge is 0.254 e. The van der Waals surface area contributed by atoms with Gasteiger partial charge < -0.3 is 19.6 Å². The van der Waals surface area contributed by atoms with Crippen LogP contribution in [-0.4, -0.2) is 71.8 Å². The van der Waals surface area contributed by atoms with Gasteiger partial charge in [-0.1, -0.05) is 18.2 Å². The van der Waals surface area contributed by atoms with Gasteiger partial charge in [0.15, 0.2) is 0 Å². The molecular formula is C20H30N2O3. The molecule has 25 heavy (non-hydrogen) atoms. The zero-order valence-electron chi connectivity index (χ0n) is 15.8. The molecule has 5 heteroatoms. The van der Waals surface area contributed by atoms with Crippen LogP contribution in [0.4, 0.5) is 0 Å². The summed E-state index contributed by atoms with van der Waals surface area (Å²) in [5.41, 5.74) is 0.755. The molecule has 0 aliphatic carbocycles. The summed E-state index contributed by atoms with van der Waals surface area (Å²) in [5, 5.41) is 10.6. The highest BCUT2D eigenvalue weighted by Gasteiger charge is 2.49. The summed E-state index contributed by atoms with van der Waals surface area (Å²) in [6.45, 7) is 5.58. The molecule has 1 amide bonds. The third kappa shape index (κ3) is 3.59. The van der Waals surface area contributed by atoms with Gasteiger partial charge >= 0.3 is 0 Å². The number of likely N-dealkylation sites (tertiary alicyclic amines) is 1. The number of piperidine rings is 1. The molecule has 2 aliphatic rings. The number of hydrogen-bond acceptors (Lipinski definition) is 4. The molecule has 1 aromatic carbocycles. The molecule has 1 aromatic rings. The Balaban J connectivity index is 1.67. The van der Waals surface area contributed by atoms with E-state index in [0.29, 0.717) is 19.7 Å². The first-order valence-corrected chi connectivity index (χ1v) is 9.12. The number of aliphatic hydroxyl groups is 1. The zero-order valence-corrected chi connectivity index (χ0v) is 15.8. The van der Waals surface area contributed by atoms with Crippen molar-refractivity contribution < 1.29 is 14.6 Å². The molecule has 138 valence electrons. The number of rotatable bonds is 2. The minimum atomic E-state index is -0.831. The van der Waals surface area contributed by atoms with Gasteiger partial charge in [-0.25, -0.2) is 0 Å². The van der Waals surface area contributed by atoms with Crippen LogP contribution in [0.3, 0.4) is 0 Å². The van der Waals surface area contributed by atoms with Crippen LogP contribution in [0.2, 0.25) is 0 Å². The van der Waals surface area contributed by atoms with E-state index in [-0.39, 0.29) is 17.6 Å². The SMILES string of the molecule is Cc1ccccc1C(=O)N1CCC2(CC1)C[C@H](N(C)C)[C@@](C)(O)CO2. The first-order valence-electron chi connectivity index (χ1n) is 9.12. The number of nitrogens with zero attached hydrogens (tertiary/aromatic N) is 2. The summed E-state index contributed by atoms with van der Waals surface area (Å²) in [6, 6.07) is 7.82. The highest BCUT2D eigenvalue weighted by atomic mass is 16.5. The second-order valence-electron chi connectivity index (χ2n) is 8.12. The Morgan fingerprint density at radius 2 is 1.92 bits per heavy atom. The van der Waals surface area contributed by atoms with Crippen LogP contribution in [0.1, 0.15) is 42.1 Å². The van der Waals surface area contributed by atoms with E-state index in [1.54, 1.807) is 0 Å². The number of ether oxygens (including phenoxy) is 1. The van der Waals surface area contributed by atoms with Crippen LogP contribution in [0.5, 0.6) is 0 Å². The third-order valence-electron chi connectivity index (χ3n) is 5.91. The topological polar surface area (TPSA) is 53.0 Å². The molecule has 2 aliphatic heterocycles. The highest BCUT2D eigenvalue weighted by Crippen LogP contribution is 2.40. The van der Waals surface area contributed by atoms with E-state index in [1.807, 2.05) is 57.1 Å². The number of carbonyl (C=O) groups excluding carboxylic acids is 1. The van der Waals surface area contributed by atoms with Crippen LogP contribution in [0.15, 0.2) is 24.3 Å². The monoisotopic (exact) mass is 346 g/mol. The first kappa shape index (κ1) is 18.4. The molecule has 0 aromatic heterocycles. The number of aryl methyl sites for hydroxylation is 1. The quantitative estimate of drug-likeness (QED) is 0.891. The first-order chi connectivity index (χ1) is 11.7. The van der Waals surface area contributed by atoms with E-state index in [9.17, 15) is 9.90 Å². The Morgan fingerprint density at radius 1 is 1.28 bits per heavy atom. The largest absolute Gasteiger partial charge is 0.386 e. The summed E-state index contributed by atoms with van der Waals surface area (Å²) in [6.07, 6.45) is 2.45. The Kier molecular flexibility index (Phi) is 4.93. The van der Waals surface area contributed by atoms with Gasteiger partial charge in [-0.2, -0.15) is 0 Å². The molecule has 0 bridgehead atoms. The molecule has 0 radical (unpaired) electrons. The summed E-state index contributed by atoms with van der Waals surface area (Å²) in [5.74, 6) is 0.111. The lowest BCUT2D eigenvalue weighted by Crippen LogP contribution is -2.63. The number of likely N-dealkylation sites (N-methyl/N-ethyl adjacent to an activating group) is 1. The third-order valence-corrected chi connectivity index (χ3v) is 5.91. The van der Waals surface area contributed by atoms with Crippen molar-refractivity contribution in [1.82, 2.24) is 9.80 Å². The molecule has 0 unspecified atom stereocenters. The normalized spacial score (nSPS) is 29.2. The van der Waals surface area contributed by atoms with Gasteiger partial charge in [0.2, 0.25) is 0 Å². The summed E-state index contributed by atoms with van der Waals surface area (Å²) < 4.78 is 6.14. The van der Waals surface area contributed by atoms with E-state index < -0.39 is 5.60 Å². The lowest BCUT2D eigenvalue weighted by molar-refractivity contribution is -0.205. The molecule has 0 saturated carbocycles. The Morgan fingerprint density at radius 3 is 2.52 bits per heavy atom. The van der Waals surface area contributed by atoms with Gasteiger partial charge in [0.25, 0.3) is 5.91 Å². The fraction of sp³-hybridized carbons (Fsp3) is 0.650. The summed E-state index contributed by atoms with van der Waals surface area (Å²) in [4.78, 5) is 16.8. The fourth-order valence-corrected chi connectivity index (χ4v) is 4.21. The van der Waals surface area contributed by atoms with Gasteiger partial charge in [-0.15, -0.1) is 0 Å². The van der Waals surface area contributed by atoms with Gasteiger partial charge in [0.1, 0.15) is 5.60 Å². The average molecular weight is 346 g/mol. The second kappa shape index (κ2) is 6.71. The Labute approximate surface area is 150 Å². The van der Waals surface area contributed by atoms with Crippen LogP contribution in [0.25, 0.3) is 0 Å². The van der Waals surface area contributed by atoms with Crippen LogP contribution in [-0.2, 0) is 4.74 Å². The van der Waals surface area contributed by atoms with Crippen molar-refractivity contribution in [3.63, 3.8) is 0 Å². The number of hydrogen-bond donors (Lipinski definition) is 1. The van der Waals surface area contributed by atoms with Crippen molar-refractivity contribution >= 4 is 5.91 Å². The molecule has 3 rings (SSSR count). The van der Waals surface area contributed by atoms with E-state index in [1.165, 1.54) is 0 Å². The number of benzene rings is 1. The number of carbonyl (C=O) groups is 1. The molecule has 2 heterocycles. The van der Waals surface area contributed by atoms with Crippen molar-refractivity contribution in [2.45, 2.75) is 50.4 Å². The standard InChI is InChI=1S/C20H30N2O3/c1-15-7-5-6-8-16(15)18(23)22-11-9-20(10-12-22)13-17(21(3)4)19(2,24)14-25-20/h5-8,17,24H,9-14H2,1-4H3/t17-,19-/m0/s1. The minimum absolute atomic E-state index is 0.0693. The van der Waals surface area contributed by atoms with E-state index >= 15 is 0 Å². The lowest BCUT2D eigenvalue weighted by Gasteiger charge is -2.52. The maximum atomic E-state index is 12.8. The zero-order chi connectivity index (χ0) is 18.2. The molecule has 5 nitrogen and oxygen atoms in total. The lowest BCUT2D eigenvalue weighted by atomic mass is 9.77.